The highest BCUT2D eigenvalue weighted by Crippen LogP contribution is 2.29. The topological polar surface area (TPSA) is 113 Å². The van der Waals surface area contributed by atoms with Crippen molar-refractivity contribution in [2.45, 2.75) is 13.2 Å². The number of fused-ring (bicyclic) bond motifs is 2. The monoisotopic (exact) mass is 422 g/mol. The van der Waals surface area contributed by atoms with Gasteiger partial charge in [0.15, 0.2) is 11.6 Å². The number of thiazole rings is 2. The third-order valence-corrected chi connectivity index (χ3v) is 5.76. The minimum Gasteiger partial charge on any atom is -0.427 e. The van der Waals surface area contributed by atoms with E-state index in [4.69, 9.17) is 20.9 Å². The summed E-state index contributed by atoms with van der Waals surface area (Å²) in [7, 11) is 0. The molecule has 0 aliphatic heterocycles. The Bertz CT molecular complexity index is 1120. The number of nitrogens with zero attached hydrogens (tertiary/aromatic N) is 2. The lowest BCUT2D eigenvalue weighted by molar-refractivity contribution is 0.0446. The third-order valence-electron chi connectivity index (χ3n) is 3.77. The molecule has 11 heteroatoms. The Kier molecular flexibility index (Phi) is 4.69. The number of ether oxygens (including phenoxy) is 2. The highest BCUT2D eigenvalue weighted by Gasteiger charge is 2.15. The van der Waals surface area contributed by atoms with Gasteiger partial charge in [-0.05, 0) is 24.3 Å². The molecule has 0 bridgehead atoms. The highest BCUT2D eigenvalue weighted by molar-refractivity contribution is 7.18. The number of halogens is 2. The zero-order valence-corrected chi connectivity index (χ0v) is 15.7. The average molecular weight is 422 g/mol. The summed E-state index contributed by atoms with van der Waals surface area (Å²) in [5.74, 6) is -1.21. The van der Waals surface area contributed by atoms with E-state index in [2.05, 4.69) is 9.97 Å². The summed E-state index contributed by atoms with van der Waals surface area (Å²) in [6.07, 6.45) is -0.946. The molecular weight excluding hydrogens is 410 g/mol. The zero-order valence-electron chi connectivity index (χ0n) is 14.1. The summed E-state index contributed by atoms with van der Waals surface area (Å²) < 4.78 is 39.0. The van der Waals surface area contributed by atoms with Crippen LogP contribution in [0, 0.1) is 11.6 Å². The number of carbonyl (C=O) groups is 1. The molecule has 4 aromatic rings. The molecule has 0 unspecified atom stereocenters. The second kappa shape index (κ2) is 7.17. The predicted octanol–water partition coefficient (Wildman–Crippen LogP) is 4.20. The van der Waals surface area contributed by atoms with Crippen molar-refractivity contribution < 1.29 is 23.0 Å². The fraction of sp³-hybridized carbons (Fsp3) is 0.118. The molecule has 0 radical (unpaired) electrons. The van der Waals surface area contributed by atoms with E-state index in [9.17, 15) is 13.6 Å². The van der Waals surface area contributed by atoms with Crippen LogP contribution in [0.5, 0.6) is 0 Å². The van der Waals surface area contributed by atoms with Gasteiger partial charge in [0, 0.05) is 0 Å². The summed E-state index contributed by atoms with van der Waals surface area (Å²) in [5.41, 5.74) is 11.3. The van der Waals surface area contributed by atoms with Gasteiger partial charge in [-0.3, -0.25) is 0 Å². The first kappa shape index (κ1) is 18.3. The first-order valence-corrected chi connectivity index (χ1v) is 9.52. The molecule has 7 nitrogen and oxygen atoms in total. The van der Waals surface area contributed by atoms with Crippen LogP contribution in [0.25, 0.3) is 20.4 Å². The van der Waals surface area contributed by atoms with Crippen molar-refractivity contribution >= 4 is 60.6 Å². The Morgan fingerprint density at radius 2 is 1.29 bits per heavy atom. The normalized spacial score (nSPS) is 11.2. The number of carbonyl (C=O) groups excluding carboxylic acids is 1. The van der Waals surface area contributed by atoms with Crippen LogP contribution >= 0.6 is 22.7 Å². The Morgan fingerprint density at radius 1 is 0.857 bits per heavy atom. The number of benzene rings is 2. The number of hydrogen-bond donors (Lipinski definition) is 2. The van der Waals surface area contributed by atoms with E-state index in [1.807, 2.05) is 0 Å². The third kappa shape index (κ3) is 3.41. The molecule has 2 aromatic heterocycles. The van der Waals surface area contributed by atoms with Gasteiger partial charge >= 0.3 is 6.16 Å². The van der Waals surface area contributed by atoms with Crippen LogP contribution in [0.2, 0.25) is 0 Å². The fourth-order valence-electron chi connectivity index (χ4n) is 2.45. The maximum absolute atomic E-state index is 13.9. The van der Waals surface area contributed by atoms with Crippen LogP contribution in [0.15, 0.2) is 24.3 Å². The summed E-state index contributed by atoms with van der Waals surface area (Å²) in [4.78, 5) is 19.9. The van der Waals surface area contributed by atoms with Crippen LogP contribution in [0.1, 0.15) is 10.0 Å². The van der Waals surface area contributed by atoms with E-state index < -0.39 is 17.8 Å². The van der Waals surface area contributed by atoms with E-state index in [1.165, 1.54) is 34.8 Å². The summed E-state index contributed by atoms with van der Waals surface area (Å²) >= 11 is 2.36. The molecule has 4 rings (SSSR count). The molecule has 0 fully saturated rings. The van der Waals surface area contributed by atoms with Crippen LogP contribution in [0.4, 0.5) is 25.0 Å². The van der Waals surface area contributed by atoms with Gasteiger partial charge in [-0.25, -0.2) is 23.5 Å². The minimum absolute atomic E-state index is 0.00120. The number of nitrogens with two attached hydrogens (primary N) is 2. The van der Waals surface area contributed by atoms with Gasteiger partial charge in [0.1, 0.15) is 34.3 Å². The molecule has 0 aliphatic carbocycles. The van der Waals surface area contributed by atoms with Crippen LogP contribution in [-0.4, -0.2) is 16.1 Å². The lowest BCUT2D eigenvalue weighted by atomic mass is 10.3. The molecule has 2 heterocycles. The standard InChI is InChI=1S/C17H12F2N4O3S2/c18-13-7(20)1-3-9-15(13)22-11(27-9)5-25-17(24)26-6-12-23-16-10(28-12)4-2-8(21)14(16)19/h1-4H,5-6,20-21H2. The van der Waals surface area contributed by atoms with Crippen molar-refractivity contribution in [1.29, 1.82) is 0 Å². The van der Waals surface area contributed by atoms with Crippen molar-refractivity contribution in [3.8, 4) is 0 Å². The maximum Gasteiger partial charge on any atom is 0.509 e. The van der Waals surface area contributed by atoms with E-state index in [1.54, 1.807) is 12.1 Å². The first-order valence-electron chi connectivity index (χ1n) is 7.88. The minimum atomic E-state index is -0.946. The number of nitrogen functional groups attached to an aromatic ring is 2. The van der Waals surface area contributed by atoms with E-state index in [-0.39, 0.29) is 35.6 Å². The Morgan fingerprint density at radius 3 is 1.71 bits per heavy atom. The predicted molar refractivity (Wildman–Crippen MR) is 103 cm³/mol. The van der Waals surface area contributed by atoms with E-state index in [0.717, 1.165) is 0 Å². The SMILES string of the molecule is Nc1ccc2sc(COC(=O)OCc3nc4c(F)c(N)ccc4s3)nc2c1F. The highest BCUT2D eigenvalue weighted by atomic mass is 32.1. The van der Waals surface area contributed by atoms with Gasteiger partial charge in [-0.2, -0.15) is 0 Å². The van der Waals surface area contributed by atoms with Crippen LogP contribution in [0.3, 0.4) is 0 Å². The van der Waals surface area contributed by atoms with Crippen LogP contribution in [-0.2, 0) is 22.7 Å². The first-order chi connectivity index (χ1) is 13.4. The van der Waals surface area contributed by atoms with Gasteiger partial charge in [0.05, 0.1) is 20.8 Å². The quantitative estimate of drug-likeness (QED) is 0.374. The number of rotatable bonds is 4. The molecule has 28 heavy (non-hydrogen) atoms. The van der Waals surface area contributed by atoms with Crippen molar-refractivity contribution in [1.82, 2.24) is 9.97 Å². The Balaban J connectivity index is 1.37. The second-order valence-electron chi connectivity index (χ2n) is 5.67. The molecular formula is C17H12F2N4O3S2. The largest absolute Gasteiger partial charge is 0.509 e. The number of hydrogen-bond acceptors (Lipinski definition) is 9. The summed E-state index contributed by atoms with van der Waals surface area (Å²) in [6, 6.07) is 6.19. The van der Waals surface area contributed by atoms with E-state index >= 15 is 0 Å². The molecule has 0 saturated carbocycles. The van der Waals surface area contributed by atoms with Gasteiger partial charge < -0.3 is 20.9 Å². The lowest BCUT2D eigenvalue weighted by Gasteiger charge is -2.02. The van der Waals surface area contributed by atoms with Gasteiger partial charge in [-0.15, -0.1) is 22.7 Å². The molecule has 0 saturated heterocycles. The second-order valence-corrected chi connectivity index (χ2v) is 7.90. The van der Waals surface area contributed by atoms with Gasteiger partial charge in [0.25, 0.3) is 0 Å². The van der Waals surface area contributed by atoms with Crippen molar-refractivity contribution in [3.63, 3.8) is 0 Å². The lowest BCUT2D eigenvalue weighted by Crippen LogP contribution is -2.07. The number of aromatic nitrogens is 2. The Labute approximate surface area is 164 Å². The summed E-state index contributed by atoms with van der Waals surface area (Å²) in [5, 5.41) is 0.794. The van der Waals surface area contributed by atoms with Gasteiger partial charge in [0.2, 0.25) is 0 Å². The van der Waals surface area contributed by atoms with Crippen LogP contribution < -0.4 is 11.5 Å². The molecule has 4 N–H and O–H groups in total. The van der Waals surface area contributed by atoms with Crippen molar-refractivity contribution in [2.24, 2.45) is 0 Å². The average Bonchev–Trinajstić information content (AvgIpc) is 3.29. The molecule has 144 valence electrons. The van der Waals surface area contributed by atoms with Gasteiger partial charge in [-0.1, -0.05) is 0 Å². The summed E-state index contributed by atoms with van der Waals surface area (Å²) in [6.45, 7) is -0.356. The number of anilines is 2. The van der Waals surface area contributed by atoms with Crippen molar-refractivity contribution in [3.05, 3.63) is 45.9 Å². The molecule has 0 spiro atoms. The van der Waals surface area contributed by atoms with E-state index in [0.29, 0.717) is 19.4 Å². The molecule has 0 atom stereocenters. The maximum atomic E-state index is 13.9. The molecule has 0 aliphatic rings. The van der Waals surface area contributed by atoms with Crippen molar-refractivity contribution in [2.75, 3.05) is 11.5 Å². The fourth-order valence-corrected chi connectivity index (χ4v) is 4.21. The molecule has 0 amide bonds. The molecule has 2 aromatic carbocycles. The Hall–Kier alpha value is -3.05. The smallest absolute Gasteiger partial charge is 0.427 e. The zero-order chi connectivity index (χ0) is 19.8.